The Labute approximate surface area is 96.4 Å². The molecule has 3 nitrogen and oxygen atoms in total. The fourth-order valence-corrected chi connectivity index (χ4v) is 1.40. The predicted molar refractivity (Wildman–Crippen MR) is 64.2 cm³/mol. The minimum absolute atomic E-state index is 0.646. The highest BCUT2D eigenvalue weighted by molar-refractivity contribution is 5.42. The molecule has 0 unspecified atom stereocenters. The van der Waals surface area contributed by atoms with Crippen LogP contribution in [0.1, 0.15) is 18.1 Å². The zero-order chi connectivity index (χ0) is 12.0. The van der Waals surface area contributed by atoms with Gasteiger partial charge >= 0.3 is 0 Å². The summed E-state index contributed by atoms with van der Waals surface area (Å²) in [5, 5.41) is 12.1. The summed E-state index contributed by atoms with van der Waals surface area (Å²) in [5.41, 5.74) is 2.71. The van der Waals surface area contributed by atoms with Crippen molar-refractivity contribution >= 4 is 0 Å². The topological polar surface area (TPSA) is 45.0 Å². The summed E-state index contributed by atoms with van der Waals surface area (Å²) in [6.45, 7) is 7.22. The number of nitrogens with zero attached hydrogens (tertiary/aromatic N) is 1. The number of nitrogens with one attached hydrogen (secondary N) is 1. The highest BCUT2D eigenvalue weighted by Gasteiger charge is 2.03. The lowest BCUT2D eigenvalue weighted by Crippen LogP contribution is -2.15. The van der Waals surface area contributed by atoms with Crippen molar-refractivity contribution in [3.63, 3.8) is 0 Å². The third-order valence-electron chi connectivity index (χ3n) is 2.15. The zero-order valence-electron chi connectivity index (χ0n) is 9.71. The van der Waals surface area contributed by atoms with E-state index in [9.17, 15) is 0 Å². The van der Waals surface area contributed by atoms with Crippen LogP contribution in [-0.4, -0.2) is 13.7 Å². The smallest absolute Gasteiger partial charge is 0.123 e. The van der Waals surface area contributed by atoms with Gasteiger partial charge in [0.05, 0.1) is 18.7 Å². The van der Waals surface area contributed by atoms with E-state index >= 15 is 0 Å². The van der Waals surface area contributed by atoms with Crippen LogP contribution in [0.15, 0.2) is 30.4 Å². The van der Waals surface area contributed by atoms with Gasteiger partial charge in [0.1, 0.15) is 5.75 Å². The van der Waals surface area contributed by atoms with Crippen LogP contribution in [0.4, 0.5) is 0 Å². The standard InChI is InChI=1S/C13H16N2O/c1-10(2)8-15-9-12-6-11(7-14)4-5-13(12)16-3/h4-6,15H,1,8-9H2,2-3H3. The summed E-state index contributed by atoms with van der Waals surface area (Å²) in [6, 6.07) is 7.52. The van der Waals surface area contributed by atoms with Gasteiger partial charge in [0.15, 0.2) is 0 Å². The third-order valence-corrected chi connectivity index (χ3v) is 2.15. The Bertz CT molecular complexity index is 418. The minimum atomic E-state index is 0.646. The number of ether oxygens (including phenoxy) is 1. The Morgan fingerprint density at radius 2 is 2.31 bits per heavy atom. The molecule has 0 aliphatic rings. The molecule has 0 bridgehead atoms. The molecule has 0 aromatic heterocycles. The first-order valence-corrected chi connectivity index (χ1v) is 5.09. The SMILES string of the molecule is C=C(C)CNCc1cc(C#N)ccc1OC. The molecule has 0 aliphatic carbocycles. The van der Waals surface area contributed by atoms with Gasteiger partial charge in [-0.15, -0.1) is 0 Å². The number of hydrogen-bond acceptors (Lipinski definition) is 3. The van der Waals surface area contributed by atoms with Gasteiger partial charge in [0.2, 0.25) is 0 Å². The van der Waals surface area contributed by atoms with E-state index in [0.717, 1.165) is 23.4 Å². The summed E-state index contributed by atoms with van der Waals surface area (Å²) in [5.74, 6) is 0.799. The molecule has 0 amide bonds. The Hall–Kier alpha value is -1.79. The van der Waals surface area contributed by atoms with Crippen molar-refractivity contribution in [2.45, 2.75) is 13.5 Å². The Morgan fingerprint density at radius 1 is 1.56 bits per heavy atom. The molecule has 0 saturated heterocycles. The predicted octanol–water partition coefficient (Wildman–Crippen LogP) is 2.23. The molecule has 0 fully saturated rings. The third kappa shape index (κ3) is 3.41. The number of methoxy groups -OCH3 is 1. The first-order chi connectivity index (χ1) is 7.67. The van der Waals surface area contributed by atoms with E-state index in [1.165, 1.54) is 0 Å². The van der Waals surface area contributed by atoms with Gasteiger partial charge in [-0.2, -0.15) is 5.26 Å². The maximum absolute atomic E-state index is 8.81. The largest absolute Gasteiger partial charge is 0.496 e. The summed E-state index contributed by atoms with van der Waals surface area (Å²) in [6.07, 6.45) is 0. The van der Waals surface area contributed by atoms with Crippen LogP contribution >= 0.6 is 0 Å². The van der Waals surface area contributed by atoms with Crippen molar-refractivity contribution in [3.8, 4) is 11.8 Å². The molecule has 1 aromatic rings. The minimum Gasteiger partial charge on any atom is -0.496 e. The second-order valence-electron chi connectivity index (χ2n) is 3.70. The van der Waals surface area contributed by atoms with E-state index < -0.39 is 0 Å². The van der Waals surface area contributed by atoms with Crippen LogP contribution in [0.3, 0.4) is 0 Å². The normalized spacial score (nSPS) is 9.56. The van der Waals surface area contributed by atoms with E-state index in [1.54, 1.807) is 13.2 Å². The highest BCUT2D eigenvalue weighted by Crippen LogP contribution is 2.19. The lowest BCUT2D eigenvalue weighted by molar-refractivity contribution is 0.408. The average Bonchev–Trinajstić information content (AvgIpc) is 2.28. The van der Waals surface area contributed by atoms with Gasteiger partial charge in [-0.1, -0.05) is 12.2 Å². The van der Waals surface area contributed by atoms with Crippen LogP contribution in [0.5, 0.6) is 5.75 Å². The quantitative estimate of drug-likeness (QED) is 0.768. The van der Waals surface area contributed by atoms with Crippen LogP contribution in [-0.2, 0) is 6.54 Å². The number of benzene rings is 1. The lowest BCUT2D eigenvalue weighted by Gasteiger charge is -2.09. The molecule has 16 heavy (non-hydrogen) atoms. The monoisotopic (exact) mass is 216 g/mol. The molecule has 3 heteroatoms. The van der Waals surface area contributed by atoms with Crippen molar-refractivity contribution < 1.29 is 4.74 Å². The van der Waals surface area contributed by atoms with Gasteiger partial charge in [-0.3, -0.25) is 0 Å². The van der Waals surface area contributed by atoms with E-state index in [0.29, 0.717) is 12.1 Å². The molecule has 0 radical (unpaired) electrons. The van der Waals surface area contributed by atoms with E-state index in [4.69, 9.17) is 10.00 Å². The summed E-state index contributed by atoms with van der Waals surface area (Å²) in [4.78, 5) is 0. The van der Waals surface area contributed by atoms with Crippen molar-refractivity contribution in [1.82, 2.24) is 5.32 Å². The molecule has 1 rings (SSSR count). The average molecular weight is 216 g/mol. The number of hydrogen-bond donors (Lipinski definition) is 1. The summed E-state index contributed by atoms with van der Waals surface area (Å²) < 4.78 is 5.23. The summed E-state index contributed by atoms with van der Waals surface area (Å²) in [7, 11) is 1.63. The molecule has 0 heterocycles. The van der Waals surface area contributed by atoms with Gasteiger partial charge < -0.3 is 10.1 Å². The van der Waals surface area contributed by atoms with Gasteiger partial charge in [0.25, 0.3) is 0 Å². The van der Waals surface area contributed by atoms with Crippen LogP contribution in [0.2, 0.25) is 0 Å². The second kappa shape index (κ2) is 5.94. The Balaban J connectivity index is 2.76. The highest BCUT2D eigenvalue weighted by atomic mass is 16.5. The van der Waals surface area contributed by atoms with Crippen molar-refractivity contribution in [1.29, 1.82) is 5.26 Å². The van der Waals surface area contributed by atoms with Crippen LogP contribution in [0, 0.1) is 11.3 Å². The molecular formula is C13H16N2O. The molecular weight excluding hydrogens is 200 g/mol. The van der Waals surface area contributed by atoms with E-state index in [1.807, 2.05) is 19.1 Å². The molecule has 0 saturated carbocycles. The van der Waals surface area contributed by atoms with Crippen LogP contribution < -0.4 is 10.1 Å². The number of rotatable bonds is 5. The van der Waals surface area contributed by atoms with Crippen molar-refractivity contribution in [2.24, 2.45) is 0 Å². The van der Waals surface area contributed by atoms with E-state index in [2.05, 4.69) is 18.0 Å². The van der Waals surface area contributed by atoms with E-state index in [-0.39, 0.29) is 0 Å². The molecule has 0 aliphatic heterocycles. The Morgan fingerprint density at radius 3 is 2.88 bits per heavy atom. The maximum Gasteiger partial charge on any atom is 0.123 e. The lowest BCUT2D eigenvalue weighted by atomic mass is 10.1. The zero-order valence-corrected chi connectivity index (χ0v) is 9.71. The fourth-order valence-electron chi connectivity index (χ4n) is 1.40. The molecule has 84 valence electrons. The molecule has 1 N–H and O–H groups in total. The fraction of sp³-hybridized carbons (Fsp3) is 0.308. The van der Waals surface area contributed by atoms with Gasteiger partial charge in [0, 0.05) is 18.7 Å². The summed E-state index contributed by atoms with van der Waals surface area (Å²) >= 11 is 0. The second-order valence-corrected chi connectivity index (χ2v) is 3.70. The molecule has 1 aromatic carbocycles. The molecule has 0 spiro atoms. The number of nitriles is 1. The van der Waals surface area contributed by atoms with Crippen LogP contribution in [0.25, 0.3) is 0 Å². The Kier molecular flexibility index (Phi) is 4.56. The first kappa shape index (κ1) is 12.3. The first-order valence-electron chi connectivity index (χ1n) is 5.09. The van der Waals surface area contributed by atoms with Crippen molar-refractivity contribution in [3.05, 3.63) is 41.5 Å². The molecule has 0 atom stereocenters. The van der Waals surface area contributed by atoms with Gasteiger partial charge in [-0.25, -0.2) is 0 Å². The van der Waals surface area contributed by atoms with Crippen molar-refractivity contribution in [2.75, 3.05) is 13.7 Å². The van der Waals surface area contributed by atoms with Gasteiger partial charge in [-0.05, 0) is 25.1 Å². The maximum atomic E-state index is 8.81.